The fourth-order valence-electron chi connectivity index (χ4n) is 2.91. The van der Waals surface area contributed by atoms with Gasteiger partial charge in [-0.3, -0.25) is 10.1 Å². The number of urea groups is 1. The molecule has 1 atom stereocenters. The third kappa shape index (κ3) is 5.93. The molecule has 1 rings (SSSR count). The lowest BCUT2D eigenvalue weighted by molar-refractivity contribution is -0.121. The summed E-state index contributed by atoms with van der Waals surface area (Å²) >= 11 is 0. The van der Waals surface area contributed by atoms with Crippen LogP contribution in [-0.2, 0) is 4.79 Å². The highest BCUT2D eigenvalue weighted by atomic mass is 16.2. The first-order chi connectivity index (χ1) is 9.69. The van der Waals surface area contributed by atoms with Crippen LogP contribution in [0.4, 0.5) is 4.79 Å². The monoisotopic (exact) mass is 282 g/mol. The van der Waals surface area contributed by atoms with Gasteiger partial charge in [-0.15, -0.1) is 0 Å². The van der Waals surface area contributed by atoms with Gasteiger partial charge in [0.2, 0.25) is 0 Å². The smallest absolute Gasteiger partial charge is 0.322 e. The van der Waals surface area contributed by atoms with E-state index in [1.54, 1.807) is 0 Å². The van der Waals surface area contributed by atoms with Crippen molar-refractivity contribution in [3.8, 4) is 0 Å². The molecule has 116 valence electrons. The number of amides is 3. The van der Waals surface area contributed by atoms with Crippen LogP contribution >= 0.6 is 0 Å². The van der Waals surface area contributed by atoms with Crippen molar-refractivity contribution >= 4 is 11.9 Å². The van der Waals surface area contributed by atoms with Gasteiger partial charge in [-0.05, 0) is 18.8 Å². The lowest BCUT2D eigenvalue weighted by Gasteiger charge is -2.21. The number of unbranched alkanes of at least 4 members (excludes halogenated alkanes) is 6. The Labute approximate surface area is 123 Å². The van der Waals surface area contributed by atoms with E-state index in [2.05, 4.69) is 24.5 Å². The molecule has 0 aromatic carbocycles. The van der Waals surface area contributed by atoms with Gasteiger partial charge in [-0.25, -0.2) is 4.79 Å². The molecule has 1 aliphatic heterocycles. The van der Waals surface area contributed by atoms with Crippen LogP contribution in [0, 0.1) is 5.92 Å². The van der Waals surface area contributed by atoms with Gasteiger partial charge < -0.3 is 5.32 Å². The quantitative estimate of drug-likeness (QED) is 0.448. The van der Waals surface area contributed by atoms with Gasteiger partial charge in [0.05, 0.1) is 0 Å². The van der Waals surface area contributed by atoms with Crippen LogP contribution in [0.1, 0.15) is 78.1 Å². The molecule has 1 unspecified atom stereocenters. The largest absolute Gasteiger partial charge is 0.326 e. The predicted molar refractivity (Wildman–Crippen MR) is 81.5 cm³/mol. The van der Waals surface area contributed by atoms with Crippen molar-refractivity contribution in [2.45, 2.75) is 84.1 Å². The number of rotatable bonds is 11. The van der Waals surface area contributed by atoms with Crippen LogP contribution in [0.15, 0.2) is 0 Å². The number of hydrogen-bond donors (Lipinski definition) is 2. The van der Waals surface area contributed by atoms with Crippen LogP contribution < -0.4 is 10.6 Å². The zero-order valence-corrected chi connectivity index (χ0v) is 13.0. The average molecular weight is 282 g/mol. The minimum absolute atomic E-state index is 0.133. The molecule has 3 amide bonds. The van der Waals surface area contributed by atoms with E-state index in [1.807, 2.05) is 0 Å². The zero-order chi connectivity index (χ0) is 14.8. The second kappa shape index (κ2) is 9.78. The second-order valence-corrected chi connectivity index (χ2v) is 5.90. The molecule has 20 heavy (non-hydrogen) atoms. The van der Waals surface area contributed by atoms with Crippen molar-refractivity contribution in [3.05, 3.63) is 0 Å². The van der Waals surface area contributed by atoms with Crippen molar-refractivity contribution in [2.75, 3.05) is 0 Å². The van der Waals surface area contributed by atoms with Crippen molar-refractivity contribution in [2.24, 2.45) is 5.92 Å². The maximum absolute atomic E-state index is 11.8. The minimum Gasteiger partial charge on any atom is -0.326 e. The van der Waals surface area contributed by atoms with Gasteiger partial charge in [0.1, 0.15) is 6.04 Å². The number of carbonyl (C=O) groups excluding carboxylic acids is 2. The molecular formula is C16H30N2O2. The normalized spacial score (nSPS) is 18.4. The molecule has 0 aromatic heterocycles. The first-order valence-electron chi connectivity index (χ1n) is 8.30. The molecule has 1 aliphatic rings. The fraction of sp³-hybridized carbons (Fsp3) is 0.875. The third-order valence-electron chi connectivity index (χ3n) is 4.13. The van der Waals surface area contributed by atoms with Gasteiger partial charge in [-0.2, -0.15) is 0 Å². The Kier molecular flexibility index (Phi) is 8.31. The van der Waals surface area contributed by atoms with Gasteiger partial charge in [0.25, 0.3) is 5.91 Å². The highest BCUT2D eigenvalue weighted by Crippen LogP contribution is 2.23. The molecule has 4 nitrogen and oxygen atoms in total. The topological polar surface area (TPSA) is 58.2 Å². The summed E-state index contributed by atoms with van der Waals surface area (Å²) < 4.78 is 0. The summed E-state index contributed by atoms with van der Waals surface area (Å²) in [6.07, 6.45) is 11.8. The molecule has 1 heterocycles. The van der Waals surface area contributed by atoms with E-state index in [0.717, 1.165) is 25.7 Å². The molecule has 0 radical (unpaired) electrons. The third-order valence-corrected chi connectivity index (χ3v) is 4.13. The molecule has 0 bridgehead atoms. The fourth-order valence-corrected chi connectivity index (χ4v) is 2.91. The Bertz CT molecular complexity index is 293. The Morgan fingerprint density at radius 1 is 0.900 bits per heavy atom. The number of nitrogens with one attached hydrogen (secondary N) is 2. The molecule has 0 aromatic rings. The molecular weight excluding hydrogens is 252 g/mol. The number of carbonyl (C=O) groups is 2. The molecule has 0 aliphatic carbocycles. The molecule has 0 saturated carbocycles. The summed E-state index contributed by atoms with van der Waals surface area (Å²) in [4.78, 5) is 23.1. The van der Waals surface area contributed by atoms with E-state index in [-0.39, 0.29) is 18.0 Å². The molecule has 4 heteroatoms. The highest BCUT2D eigenvalue weighted by molar-refractivity contribution is 6.04. The summed E-state index contributed by atoms with van der Waals surface area (Å²) in [5.41, 5.74) is 0. The van der Waals surface area contributed by atoms with Crippen LogP contribution in [0.5, 0.6) is 0 Å². The Morgan fingerprint density at radius 3 is 1.85 bits per heavy atom. The van der Waals surface area contributed by atoms with E-state index >= 15 is 0 Å². The summed E-state index contributed by atoms with van der Waals surface area (Å²) in [7, 11) is 0. The number of hydrogen-bond acceptors (Lipinski definition) is 2. The van der Waals surface area contributed by atoms with E-state index < -0.39 is 0 Å². The SMILES string of the molecule is CCCCCCC(CCCCCC)C1NC(=O)NC1=O. The second-order valence-electron chi connectivity index (χ2n) is 5.90. The minimum atomic E-state index is -0.327. The maximum atomic E-state index is 11.8. The van der Waals surface area contributed by atoms with Gasteiger partial charge in [-0.1, -0.05) is 65.2 Å². The predicted octanol–water partition coefficient (Wildman–Crippen LogP) is 3.75. The lowest BCUT2D eigenvalue weighted by atomic mass is 9.88. The van der Waals surface area contributed by atoms with Crippen LogP contribution in [0.25, 0.3) is 0 Å². The van der Waals surface area contributed by atoms with Crippen LogP contribution in [0.3, 0.4) is 0 Å². The Balaban J connectivity index is 2.41. The van der Waals surface area contributed by atoms with Crippen molar-refractivity contribution in [1.82, 2.24) is 10.6 Å². The lowest BCUT2D eigenvalue weighted by Crippen LogP contribution is -2.37. The van der Waals surface area contributed by atoms with Gasteiger partial charge in [0.15, 0.2) is 0 Å². The van der Waals surface area contributed by atoms with Crippen LogP contribution in [0.2, 0.25) is 0 Å². The average Bonchev–Trinajstić information content (AvgIpc) is 2.76. The molecule has 1 fully saturated rings. The number of imide groups is 1. The molecule has 1 saturated heterocycles. The first kappa shape index (κ1) is 17.0. The highest BCUT2D eigenvalue weighted by Gasteiger charge is 2.35. The van der Waals surface area contributed by atoms with Gasteiger partial charge in [0, 0.05) is 0 Å². The van der Waals surface area contributed by atoms with E-state index in [4.69, 9.17) is 0 Å². The maximum Gasteiger partial charge on any atom is 0.322 e. The zero-order valence-electron chi connectivity index (χ0n) is 13.0. The summed E-state index contributed by atoms with van der Waals surface area (Å²) in [6, 6.07) is -0.627. The summed E-state index contributed by atoms with van der Waals surface area (Å²) in [6.45, 7) is 4.40. The molecule has 0 spiro atoms. The van der Waals surface area contributed by atoms with Crippen LogP contribution in [-0.4, -0.2) is 18.0 Å². The van der Waals surface area contributed by atoms with Crippen molar-refractivity contribution in [3.63, 3.8) is 0 Å². The van der Waals surface area contributed by atoms with E-state index in [1.165, 1.54) is 38.5 Å². The summed E-state index contributed by atoms with van der Waals surface area (Å²) in [5.74, 6) is 0.168. The Morgan fingerprint density at radius 2 is 1.45 bits per heavy atom. The Hall–Kier alpha value is -1.06. The van der Waals surface area contributed by atoms with Crippen molar-refractivity contribution in [1.29, 1.82) is 0 Å². The van der Waals surface area contributed by atoms with Gasteiger partial charge >= 0.3 is 6.03 Å². The van der Waals surface area contributed by atoms with E-state index in [0.29, 0.717) is 5.92 Å². The molecule has 2 N–H and O–H groups in total. The first-order valence-corrected chi connectivity index (χ1v) is 8.30. The van der Waals surface area contributed by atoms with E-state index in [9.17, 15) is 9.59 Å². The standard InChI is InChI=1S/C16H30N2O2/c1-3-5-7-9-11-13(12-10-8-6-4-2)14-15(19)18-16(20)17-14/h13-14H,3-12H2,1-2H3,(H2,17,18,19,20). The van der Waals surface area contributed by atoms with Crippen molar-refractivity contribution < 1.29 is 9.59 Å². The summed E-state index contributed by atoms with van der Waals surface area (Å²) in [5, 5.41) is 5.15.